The van der Waals surface area contributed by atoms with Crippen LogP contribution < -0.4 is 5.73 Å². The fourth-order valence-electron chi connectivity index (χ4n) is 1.14. The van der Waals surface area contributed by atoms with Crippen LogP contribution in [-0.2, 0) is 15.6 Å². The first kappa shape index (κ1) is 10.8. The minimum Gasteiger partial charge on any atom is -0.398 e. The zero-order valence-electron chi connectivity index (χ0n) is 7.81. The van der Waals surface area contributed by atoms with E-state index in [1.807, 2.05) is 0 Å². The minimum atomic E-state index is -3.11. The molecule has 76 valence electrons. The molecule has 1 aromatic rings. The van der Waals surface area contributed by atoms with Crippen molar-refractivity contribution in [2.45, 2.75) is 5.75 Å². The quantitative estimate of drug-likeness (QED) is 0.604. The van der Waals surface area contributed by atoms with Gasteiger partial charge in [0, 0.05) is 5.69 Å². The molecular formula is C10H13NO2S. The topological polar surface area (TPSA) is 60.2 Å². The first-order valence-electron chi connectivity index (χ1n) is 4.20. The summed E-state index contributed by atoms with van der Waals surface area (Å²) in [6.07, 6.45) is 1.38. The molecule has 14 heavy (non-hydrogen) atoms. The molecule has 2 N–H and O–H groups in total. The molecule has 0 heterocycles. The van der Waals surface area contributed by atoms with E-state index in [-0.39, 0.29) is 11.5 Å². The largest absolute Gasteiger partial charge is 0.398 e. The number of nitrogens with two attached hydrogens (primary N) is 1. The Balaban J connectivity index is 2.89. The fourth-order valence-corrected chi connectivity index (χ4v) is 2.35. The maximum Gasteiger partial charge on any atom is 0.158 e. The van der Waals surface area contributed by atoms with E-state index in [1.165, 1.54) is 6.08 Å². The Morgan fingerprint density at radius 2 is 2.00 bits per heavy atom. The van der Waals surface area contributed by atoms with Gasteiger partial charge in [0.2, 0.25) is 0 Å². The van der Waals surface area contributed by atoms with E-state index >= 15 is 0 Å². The van der Waals surface area contributed by atoms with Gasteiger partial charge < -0.3 is 5.73 Å². The Morgan fingerprint density at radius 1 is 1.36 bits per heavy atom. The van der Waals surface area contributed by atoms with Crippen molar-refractivity contribution in [2.24, 2.45) is 0 Å². The van der Waals surface area contributed by atoms with Crippen molar-refractivity contribution >= 4 is 15.5 Å². The predicted molar refractivity (Wildman–Crippen MR) is 58.5 cm³/mol. The van der Waals surface area contributed by atoms with Crippen molar-refractivity contribution in [2.75, 3.05) is 11.5 Å². The summed E-state index contributed by atoms with van der Waals surface area (Å²) in [7, 11) is -3.11. The highest BCUT2D eigenvalue weighted by Crippen LogP contribution is 2.14. The molecule has 1 rings (SSSR count). The van der Waals surface area contributed by atoms with Crippen molar-refractivity contribution in [1.29, 1.82) is 0 Å². The van der Waals surface area contributed by atoms with Gasteiger partial charge in [-0.3, -0.25) is 0 Å². The van der Waals surface area contributed by atoms with E-state index in [0.29, 0.717) is 11.3 Å². The normalized spacial score (nSPS) is 11.1. The monoisotopic (exact) mass is 211 g/mol. The molecule has 3 nitrogen and oxygen atoms in total. The molecule has 0 unspecified atom stereocenters. The molecule has 0 spiro atoms. The standard InChI is InChI=1S/C10H13NO2S/c1-2-7-14(12,13)8-9-5-3-4-6-10(9)11/h2-6H,1,7-8,11H2. The zero-order valence-corrected chi connectivity index (χ0v) is 8.63. The Labute approximate surface area is 84.2 Å². The lowest BCUT2D eigenvalue weighted by Gasteiger charge is -2.04. The molecule has 0 aromatic heterocycles. The van der Waals surface area contributed by atoms with Gasteiger partial charge in [0.1, 0.15) is 0 Å². The molecule has 4 heteroatoms. The van der Waals surface area contributed by atoms with Crippen LogP contribution in [0.25, 0.3) is 0 Å². The average Bonchev–Trinajstić information content (AvgIpc) is 2.08. The molecular weight excluding hydrogens is 198 g/mol. The summed E-state index contributed by atoms with van der Waals surface area (Å²) in [5, 5.41) is 0. The third-order valence-corrected chi connectivity index (χ3v) is 3.30. The van der Waals surface area contributed by atoms with E-state index in [9.17, 15) is 8.42 Å². The zero-order chi connectivity index (χ0) is 10.6. The van der Waals surface area contributed by atoms with E-state index in [2.05, 4.69) is 6.58 Å². The fraction of sp³-hybridized carbons (Fsp3) is 0.200. The highest BCUT2D eigenvalue weighted by Gasteiger charge is 2.11. The van der Waals surface area contributed by atoms with Gasteiger partial charge in [-0.1, -0.05) is 24.3 Å². The molecule has 0 aliphatic rings. The van der Waals surface area contributed by atoms with Crippen LogP contribution in [0.2, 0.25) is 0 Å². The number of hydrogen-bond acceptors (Lipinski definition) is 3. The summed E-state index contributed by atoms with van der Waals surface area (Å²) < 4.78 is 22.9. The molecule has 0 atom stereocenters. The van der Waals surface area contributed by atoms with E-state index in [0.717, 1.165) is 0 Å². The minimum absolute atomic E-state index is 0.0126. The Bertz CT molecular complexity index is 424. The van der Waals surface area contributed by atoms with Crippen LogP contribution in [0.5, 0.6) is 0 Å². The van der Waals surface area contributed by atoms with Gasteiger partial charge in [0.15, 0.2) is 9.84 Å². The van der Waals surface area contributed by atoms with Crippen molar-refractivity contribution in [3.63, 3.8) is 0 Å². The van der Waals surface area contributed by atoms with Crippen molar-refractivity contribution < 1.29 is 8.42 Å². The van der Waals surface area contributed by atoms with Gasteiger partial charge in [-0.25, -0.2) is 8.42 Å². The van der Waals surface area contributed by atoms with Crippen LogP contribution in [0.3, 0.4) is 0 Å². The summed E-state index contributed by atoms with van der Waals surface area (Å²) in [4.78, 5) is 0. The van der Waals surface area contributed by atoms with Crippen LogP contribution in [0.1, 0.15) is 5.56 Å². The Hall–Kier alpha value is -1.29. The van der Waals surface area contributed by atoms with Gasteiger partial charge in [-0.05, 0) is 11.6 Å². The molecule has 0 saturated heterocycles. The van der Waals surface area contributed by atoms with E-state index < -0.39 is 9.84 Å². The lowest BCUT2D eigenvalue weighted by atomic mass is 10.2. The number of sulfone groups is 1. The van der Waals surface area contributed by atoms with Crippen LogP contribution in [0.4, 0.5) is 5.69 Å². The number of para-hydroxylation sites is 1. The summed E-state index contributed by atoms with van der Waals surface area (Å²) in [6.45, 7) is 3.40. The van der Waals surface area contributed by atoms with Gasteiger partial charge in [-0.15, -0.1) is 6.58 Å². The second kappa shape index (κ2) is 4.28. The number of hydrogen-bond donors (Lipinski definition) is 1. The number of benzene rings is 1. The molecule has 0 amide bonds. The molecule has 0 saturated carbocycles. The van der Waals surface area contributed by atoms with Crippen LogP contribution in [0.15, 0.2) is 36.9 Å². The summed E-state index contributed by atoms with van der Waals surface area (Å²) >= 11 is 0. The highest BCUT2D eigenvalue weighted by molar-refractivity contribution is 7.90. The number of nitrogen functional groups attached to an aromatic ring is 1. The van der Waals surface area contributed by atoms with Gasteiger partial charge in [0.25, 0.3) is 0 Å². The van der Waals surface area contributed by atoms with Crippen molar-refractivity contribution in [3.8, 4) is 0 Å². The average molecular weight is 211 g/mol. The first-order valence-corrected chi connectivity index (χ1v) is 6.02. The highest BCUT2D eigenvalue weighted by atomic mass is 32.2. The third kappa shape index (κ3) is 2.88. The molecule has 0 aliphatic heterocycles. The predicted octanol–water partition coefficient (Wildman–Crippen LogP) is 1.37. The van der Waals surface area contributed by atoms with Gasteiger partial charge in [-0.2, -0.15) is 0 Å². The van der Waals surface area contributed by atoms with Crippen molar-refractivity contribution in [1.82, 2.24) is 0 Å². The van der Waals surface area contributed by atoms with Gasteiger partial charge >= 0.3 is 0 Å². The van der Waals surface area contributed by atoms with E-state index in [1.54, 1.807) is 24.3 Å². The Morgan fingerprint density at radius 3 is 2.57 bits per heavy atom. The number of rotatable bonds is 4. The summed E-state index contributed by atoms with van der Waals surface area (Å²) in [5.74, 6) is -0.0347. The van der Waals surface area contributed by atoms with Crippen molar-refractivity contribution in [3.05, 3.63) is 42.5 Å². The van der Waals surface area contributed by atoms with E-state index in [4.69, 9.17) is 5.73 Å². The number of anilines is 1. The maximum absolute atomic E-state index is 11.4. The molecule has 1 aromatic carbocycles. The molecule has 0 bridgehead atoms. The molecule has 0 aliphatic carbocycles. The second-order valence-electron chi connectivity index (χ2n) is 3.04. The lowest BCUT2D eigenvalue weighted by Crippen LogP contribution is -2.08. The van der Waals surface area contributed by atoms with Crippen LogP contribution in [0, 0.1) is 0 Å². The van der Waals surface area contributed by atoms with Crippen LogP contribution >= 0.6 is 0 Å². The first-order chi connectivity index (χ1) is 6.55. The Kier molecular flexibility index (Phi) is 3.30. The smallest absolute Gasteiger partial charge is 0.158 e. The second-order valence-corrected chi connectivity index (χ2v) is 5.15. The molecule has 0 fully saturated rings. The molecule has 0 radical (unpaired) electrons. The lowest BCUT2D eigenvalue weighted by molar-refractivity contribution is 0.598. The van der Waals surface area contributed by atoms with Crippen LogP contribution in [-0.4, -0.2) is 14.2 Å². The maximum atomic E-state index is 11.4. The summed E-state index contributed by atoms with van der Waals surface area (Å²) in [6, 6.07) is 6.96. The SMILES string of the molecule is C=CCS(=O)(=O)Cc1ccccc1N. The van der Waals surface area contributed by atoms with Gasteiger partial charge in [0.05, 0.1) is 11.5 Å². The summed E-state index contributed by atoms with van der Waals surface area (Å²) in [5.41, 5.74) is 6.80. The third-order valence-electron chi connectivity index (χ3n) is 1.80.